The van der Waals surface area contributed by atoms with Crippen LogP contribution in [0, 0.1) is 0 Å². The summed E-state index contributed by atoms with van der Waals surface area (Å²) in [6.45, 7) is 15.1. The van der Waals surface area contributed by atoms with Gasteiger partial charge in [0, 0.05) is 18.6 Å². The molecule has 0 bridgehead atoms. The third kappa shape index (κ3) is 8.93. The maximum absolute atomic E-state index is 3.70. The number of hydrogen-bond donors (Lipinski definition) is 1. The van der Waals surface area contributed by atoms with Crippen LogP contribution in [-0.4, -0.2) is 36.6 Å². The van der Waals surface area contributed by atoms with Crippen molar-refractivity contribution in [2.75, 3.05) is 19.6 Å². The van der Waals surface area contributed by atoms with Crippen molar-refractivity contribution >= 4 is 0 Å². The fourth-order valence-corrected chi connectivity index (χ4v) is 2.36. The molecule has 18 heavy (non-hydrogen) atoms. The SMILES string of the molecule is CCCCCN(CC(CCC)NCCC)C(C)C. The van der Waals surface area contributed by atoms with E-state index in [1.54, 1.807) is 0 Å². The van der Waals surface area contributed by atoms with Crippen LogP contribution in [0.3, 0.4) is 0 Å². The normalized spacial score (nSPS) is 13.5. The van der Waals surface area contributed by atoms with E-state index in [2.05, 4.69) is 44.8 Å². The van der Waals surface area contributed by atoms with Gasteiger partial charge in [0.05, 0.1) is 0 Å². The molecule has 0 saturated carbocycles. The average Bonchev–Trinajstić information content (AvgIpc) is 2.34. The van der Waals surface area contributed by atoms with E-state index in [1.807, 2.05) is 0 Å². The molecule has 1 atom stereocenters. The van der Waals surface area contributed by atoms with E-state index >= 15 is 0 Å². The van der Waals surface area contributed by atoms with E-state index < -0.39 is 0 Å². The number of nitrogens with zero attached hydrogens (tertiary/aromatic N) is 1. The van der Waals surface area contributed by atoms with E-state index in [0.29, 0.717) is 12.1 Å². The van der Waals surface area contributed by atoms with Gasteiger partial charge in [0.15, 0.2) is 0 Å². The molecule has 0 heterocycles. The van der Waals surface area contributed by atoms with Gasteiger partial charge >= 0.3 is 0 Å². The third-order valence-electron chi connectivity index (χ3n) is 3.55. The molecule has 0 spiro atoms. The van der Waals surface area contributed by atoms with Gasteiger partial charge in [-0.3, -0.25) is 4.90 Å². The Kier molecular flexibility index (Phi) is 11.9. The first-order valence-electron chi connectivity index (χ1n) is 8.13. The zero-order chi connectivity index (χ0) is 13.8. The van der Waals surface area contributed by atoms with Crippen LogP contribution < -0.4 is 5.32 Å². The maximum atomic E-state index is 3.70. The predicted octanol–water partition coefficient (Wildman–Crippen LogP) is 4.06. The molecule has 2 nitrogen and oxygen atoms in total. The van der Waals surface area contributed by atoms with Crippen molar-refractivity contribution in [1.29, 1.82) is 0 Å². The predicted molar refractivity (Wildman–Crippen MR) is 83.2 cm³/mol. The van der Waals surface area contributed by atoms with Crippen LogP contribution in [0.1, 0.15) is 73.1 Å². The van der Waals surface area contributed by atoms with Gasteiger partial charge in [-0.05, 0) is 46.2 Å². The molecular weight excluding hydrogens is 220 g/mol. The number of hydrogen-bond acceptors (Lipinski definition) is 2. The fourth-order valence-electron chi connectivity index (χ4n) is 2.36. The Morgan fingerprint density at radius 3 is 2.17 bits per heavy atom. The van der Waals surface area contributed by atoms with Gasteiger partial charge in [0.2, 0.25) is 0 Å². The molecule has 0 aliphatic rings. The summed E-state index contributed by atoms with van der Waals surface area (Å²) >= 11 is 0. The Bertz CT molecular complexity index is 168. The maximum Gasteiger partial charge on any atom is 0.0195 e. The van der Waals surface area contributed by atoms with Crippen molar-refractivity contribution < 1.29 is 0 Å². The lowest BCUT2D eigenvalue weighted by molar-refractivity contribution is 0.189. The Balaban J connectivity index is 4.13. The van der Waals surface area contributed by atoms with Crippen LogP contribution in [0.2, 0.25) is 0 Å². The highest BCUT2D eigenvalue weighted by Gasteiger charge is 2.15. The summed E-state index contributed by atoms with van der Waals surface area (Å²) in [6, 6.07) is 1.35. The standard InChI is InChI=1S/C16H36N2/c1-6-9-10-13-18(15(4)5)14-16(11-7-2)17-12-8-3/h15-17H,6-14H2,1-5H3. The molecule has 110 valence electrons. The quantitative estimate of drug-likeness (QED) is 0.530. The van der Waals surface area contributed by atoms with E-state index in [1.165, 1.54) is 51.6 Å². The highest BCUT2D eigenvalue weighted by atomic mass is 15.2. The van der Waals surface area contributed by atoms with Gasteiger partial charge in [0.25, 0.3) is 0 Å². The van der Waals surface area contributed by atoms with Gasteiger partial charge in [-0.25, -0.2) is 0 Å². The van der Waals surface area contributed by atoms with Gasteiger partial charge in [-0.1, -0.05) is 40.0 Å². The Morgan fingerprint density at radius 2 is 1.67 bits per heavy atom. The van der Waals surface area contributed by atoms with Crippen LogP contribution in [0.5, 0.6) is 0 Å². The zero-order valence-corrected chi connectivity index (χ0v) is 13.5. The van der Waals surface area contributed by atoms with E-state index in [-0.39, 0.29) is 0 Å². The number of nitrogens with one attached hydrogen (secondary N) is 1. The molecule has 0 aromatic rings. The van der Waals surface area contributed by atoms with Crippen LogP contribution in [0.4, 0.5) is 0 Å². The van der Waals surface area contributed by atoms with Crippen molar-refractivity contribution in [2.24, 2.45) is 0 Å². The van der Waals surface area contributed by atoms with Crippen molar-refractivity contribution in [3.63, 3.8) is 0 Å². The molecular formula is C16H36N2. The summed E-state index contributed by atoms with van der Waals surface area (Å²) in [6.07, 6.45) is 7.85. The molecule has 1 unspecified atom stereocenters. The molecule has 2 heteroatoms. The fraction of sp³-hybridized carbons (Fsp3) is 1.00. The molecule has 0 saturated heterocycles. The summed E-state index contributed by atoms with van der Waals surface area (Å²) in [5.74, 6) is 0. The van der Waals surface area contributed by atoms with Crippen molar-refractivity contribution in [3.05, 3.63) is 0 Å². The van der Waals surface area contributed by atoms with E-state index in [0.717, 1.165) is 6.54 Å². The minimum absolute atomic E-state index is 0.671. The van der Waals surface area contributed by atoms with Crippen LogP contribution in [0.15, 0.2) is 0 Å². The molecule has 0 aromatic heterocycles. The smallest absolute Gasteiger partial charge is 0.0195 e. The molecule has 0 aromatic carbocycles. The molecule has 0 aliphatic carbocycles. The second-order valence-corrected chi connectivity index (χ2v) is 5.74. The topological polar surface area (TPSA) is 15.3 Å². The summed E-state index contributed by atoms with van der Waals surface area (Å²) in [7, 11) is 0. The summed E-state index contributed by atoms with van der Waals surface area (Å²) in [4.78, 5) is 2.65. The molecule has 0 amide bonds. The second kappa shape index (κ2) is 12.0. The van der Waals surface area contributed by atoms with Crippen molar-refractivity contribution in [1.82, 2.24) is 10.2 Å². The van der Waals surface area contributed by atoms with Gasteiger partial charge in [-0.15, -0.1) is 0 Å². The summed E-state index contributed by atoms with van der Waals surface area (Å²) in [5.41, 5.74) is 0. The molecule has 0 aliphatic heterocycles. The van der Waals surface area contributed by atoms with Gasteiger partial charge < -0.3 is 5.32 Å². The molecule has 0 radical (unpaired) electrons. The third-order valence-corrected chi connectivity index (χ3v) is 3.55. The lowest BCUT2D eigenvalue weighted by atomic mass is 10.1. The lowest BCUT2D eigenvalue weighted by Gasteiger charge is -2.31. The summed E-state index contributed by atoms with van der Waals surface area (Å²) < 4.78 is 0. The zero-order valence-electron chi connectivity index (χ0n) is 13.5. The lowest BCUT2D eigenvalue weighted by Crippen LogP contribution is -2.44. The largest absolute Gasteiger partial charge is 0.313 e. The summed E-state index contributed by atoms with van der Waals surface area (Å²) in [5, 5.41) is 3.70. The first-order chi connectivity index (χ1) is 8.65. The van der Waals surface area contributed by atoms with E-state index in [4.69, 9.17) is 0 Å². The highest BCUT2D eigenvalue weighted by molar-refractivity contribution is 4.74. The minimum atomic E-state index is 0.671. The van der Waals surface area contributed by atoms with Crippen LogP contribution in [-0.2, 0) is 0 Å². The minimum Gasteiger partial charge on any atom is -0.313 e. The Hall–Kier alpha value is -0.0800. The Morgan fingerprint density at radius 1 is 0.944 bits per heavy atom. The molecule has 1 N–H and O–H groups in total. The first-order valence-corrected chi connectivity index (χ1v) is 8.13. The van der Waals surface area contributed by atoms with Crippen LogP contribution >= 0.6 is 0 Å². The number of unbranched alkanes of at least 4 members (excludes halogenated alkanes) is 2. The Labute approximate surface area is 116 Å². The van der Waals surface area contributed by atoms with Crippen molar-refractivity contribution in [2.45, 2.75) is 85.2 Å². The monoisotopic (exact) mass is 256 g/mol. The average molecular weight is 256 g/mol. The molecule has 0 rings (SSSR count). The highest BCUT2D eigenvalue weighted by Crippen LogP contribution is 2.07. The van der Waals surface area contributed by atoms with Crippen molar-refractivity contribution in [3.8, 4) is 0 Å². The van der Waals surface area contributed by atoms with E-state index in [9.17, 15) is 0 Å². The first kappa shape index (κ1) is 17.9. The van der Waals surface area contributed by atoms with Gasteiger partial charge in [-0.2, -0.15) is 0 Å². The number of rotatable bonds is 12. The second-order valence-electron chi connectivity index (χ2n) is 5.74. The van der Waals surface area contributed by atoms with Crippen LogP contribution in [0.25, 0.3) is 0 Å². The molecule has 0 fully saturated rings. The van der Waals surface area contributed by atoms with Gasteiger partial charge in [0.1, 0.15) is 0 Å².